The molecule has 0 bridgehead atoms. The number of benzene rings is 1. The number of rotatable bonds is 6. The minimum absolute atomic E-state index is 0.0908. The molecule has 1 rings (SSSR count). The maximum atomic E-state index is 13.8. The van der Waals surface area contributed by atoms with E-state index in [4.69, 9.17) is 0 Å². The zero-order valence-corrected chi connectivity index (χ0v) is 19.5. The van der Waals surface area contributed by atoms with E-state index in [9.17, 15) is 49.7 Å². The maximum absolute atomic E-state index is 13.8. The molecule has 0 amide bonds. The molecule has 0 aliphatic heterocycles. The van der Waals surface area contributed by atoms with E-state index in [0.29, 0.717) is 6.07 Å². The van der Waals surface area contributed by atoms with Crippen LogP contribution < -0.4 is 0 Å². The summed E-state index contributed by atoms with van der Waals surface area (Å²) in [4.78, 5) is 0. The van der Waals surface area contributed by atoms with E-state index in [1.807, 2.05) is 0 Å². The molecule has 11 heteroatoms. The summed E-state index contributed by atoms with van der Waals surface area (Å²) in [6.45, 7) is 9.58. The third kappa shape index (κ3) is 5.90. The molecule has 1 aromatic carbocycles. The monoisotopic (exact) mass is 508 g/mol. The van der Waals surface area contributed by atoms with Crippen molar-refractivity contribution < 1.29 is 49.7 Å². The van der Waals surface area contributed by atoms with Gasteiger partial charge in [0.25, 0.3) is 5.60 Å². The lowest BCUT2D eigenvalue weighted by molar-refractivity contribution is -0.376. The van der Waals surface area contributed by atoms with Gasteiger partial charge in [-0.05, 0) is 53.9 Å². The first-order valence-electron chi connectivity index (χ1n) is 10.4. The highest BCUT2D eigenvalue weighted by atomic mass is 19.4. The van der Waals surface area contributed by atoms with Gasteiger partial charge in [-0.15, -0.1) is 0 Å². The molecule has 0 radical (unpaired) electrons. The fourth-order valence-electron chi connectivity index (χ4n) is 3.78. The van der Waals surface area contributed by atoms with Crippen LogP contribution in [-0.2, 0) is 11.2 Å². The standard InChI is InChI=1S/C23H29F9O2/c1-7-8-19(33,21(24,25)26)15-9-14(17(13(2)3)12-18(4,5)6)10-16(11-15)20(34,22(27,28)29)23(30,31)32/h7-11,13,17,33-34H,12H2,1-6H3. The molecule has 0 heterocycles. The van der Waals surface area contributed by atoms with Crippen LogP contribution in [0.3, 0.4) is 0 Å². The molecule has 0 aliphatic carbocycles. The van der Waals surface area contributed by atoms with Crippen LogP contribution in [0.1, 0.15) is 70.6 Å². The number of alkyl halides is 9. The number of hydrogen-bond acceptors (Lipinski definition) is 2. The van der Waals surface area contributed by atoms with E-state index < -0.39 is 58.1 Å². The Labute approximate surface area is 192 Å². The molecule has 2 unspecified atom stereocenters. The van der Waals surface area contributed by atoms with E-state index in [-0.39, 0.29) is 24.1 Å². The SMILES string of the molecule is CC=CC(O)(c1cc(C(CC(C)(C)C)C(C)C)cc(C(O)(C(F)(F)F)C(F)(F)F)c1)C(F)(F)F. The van der Waals surface area contributed by atoms with Crippen molar-refractivity contribution in [1.29, 1.82) is 0 Å². The Morgan fingerprint density at radius 2 is 1.21 bits per heavy atom. The number of allylic oxidation sites excluding steroid dienone is 1. The predicted molar refractivity (Wildman–Crippen MR) is 109 cm³/mol. The second-order valence-electron chi connectivity index (χ2n) is 9.93. The second kappa shape index (κ2) is 9.37. The fraction of sp³-hybridized carbons (Fsp3) is 0.652. The first-order chi connectivity index (χ1) is 14.9. The van der Waals surface area contributed by atoms with Crippen molar-refractivity contribution in [1.82, 2.24) is 0 Å². The van der Waals surface area contributed by atoms with Gasteiger partial charge in [0, 0.05) is 5.56 Å². The second-order valence-corrected chi connectivity index (χ2v) is 9.93. The van der Waals surface area contributed by atoms with Crippen LogP contribution in [0.5, 0.6) is 0 Å². The summed E-state index contributed by atoms with van der Waals surface area (Å²) in [7, 11) is 0. The van der Waals surface area contributed by atoms with Crippen LogP contribution in [0.4, 0.5) is 39.5 Å². The Morgan fingerprint density at radius 3 is 1.53 bits per heavy atom. The molecule has 0 aliphatic rings. The Hall–Kier alpha value is -1.75. The molecular formula is C23H29F9O2. The van der Waals surface area contributed by atoms with Gasteiger partial charge >= 0.3 is 18.5 Å². The van der Waals surface area contributed by atoms with Gasteiger partial charge in [-0.3, -0.25) is 0 Å². The smallest absolute Gasteiger partial charge is 0.373 e. The summed E-state index contributed by atoms with van der Waals surface area (Å²) in [6, 6.07) is 1.08. The van der Waals surface area contributed by atoms with Crippen molar-refractivity contribution in [3.63, 3.8) is 0 Å². The number of aliphatic hydroxyl groups is 2. The average molecular weight is 508 g/mol. The van der Waals surface area contributed by atoms with Crippen molar-refractivity contribution in [2.45, 2.75) is 83.6 Å². The minimum atomic E-state index is -6.31. The van der Waals surface area contributed by atoms with Crippen molar-refractivity contribution in [3.05, 3.63) is 47.0 Å². The normalized spacial score (nSPS) is 17.4. The molecule has 2 N–H and O–H groups in total. The van der Waals surface area contributed by atoms with Gasteiger partial charge in [-0.25, -0.2) is 0 Å². The number of hydrogen-bond donors (Lipinski definition) is 2. The van der Waals surface area contributed by atoms with Gasteiger partial charge in [-0.1, -0.05) is 52.8 Å². The maximum Gasteiger partial charge on any atom is 0.430 e. The molecule has 196 valence electrons. The van der Waals surface area contributed by atoms with E-state index in [1.54, 1.807) is 34.6 Å². The first-order valence-corrected chi connectivity index (χ1v) is 10.4. The van der Waals surface area contributed by atoms with Gasteiger partial charge in [0.1, 0.15) is 0 Å². The quantitative estimate of drug-likeness (QED) is 0.309. The summed E-state index contributed by atoms with van der Waals surface area (Å²) < 4.78 is 123. The highest BCUT2D eigenvalue weighted by Gasteiger charge is 2.71. The third-order valence-electron chi connectivity index (χ3n) is 5.54. The molecule has 0 saturated carbocycles. The van der Waals surface area contributed by atoms with Crippen LogP contribution in [0, 0.1) is 11.3 Å². The van der Waals surface area contributed by atoms with Crippen LogP contribution >= 0.6 is 0 Å². The lowest BCUT2D eigenvalue weighted by Crippen LogP contribution is -2.54. The van der Waals surface area contributed by atoms with E-state index in [0.717, 1.165) is 19.1 Å². The van der Waals surface area contributed by atoms with Crippen molar-refractivity contribution in [2.24, 2.45) is 11.3 Å². The predicted octanol–water partition coefficient (Wildman–Crippen LogP) is 7.50. The van der Waals surface area contributed by atoms with Gasteiger partial charge in [0.2, 0.25) is 5.60 Å². The molecule has 1 aromatic rings. The molecule has 2 nitrogen and oxygen atoms in total. The van der Waals surface area contributed by atoms with Crippen LogP contribution in [-0.4, -0.2) is 28.7 Å². The van der Waals surface area contributed by atoms with Crippen molar-refractivity contribution in [2.75, 3.05) is 0 Å². The van der Waals surface area contributed by atoms with Gasteiger partial charge in [-0.2, -0.15) is 39.5 Å². The van der Waals surface area contributed by atoms with Crippen LogP contribution in [0.25, 0.3) is 0 Å². The van der Waals surface area contributed by atoms with E-state index in [2.05, 4.69) is 0 Å². The summed E-state index contributed by atoms with van der Waals surface area (Å²) in [5.74, 6) is -1.19. The van der Waals surface area contributed by atoms with Gasteiger partial charge in [0.15, 0.2) is 0 Å². The largest absolute Gasteiger partial charge is 0.430 e. The van der Waals surface area contributed by atoms with Crippen LogP contribution in [0.2, 0.25) is 0 Å². The highest BCUT2D eigenvalue weighted by Crippen LogP contribution is 2.52. The Bertz CT molecular complexity index is 860. The van der Waals surface area contributed by atoms with Gasteiger partial charge in [0.05, 0.1) is 0 Å². The Morgan fingerprint density at radius 1 is 0.765 bits per heavy atom. The topological polar surface area (TPSA) is 40.5 Å². The summed E-state index contributed by atoms with van der Waals surface area (Å²) in [5, 5.41) is 20.4. The molecule has 0 aromatic heterocycles. The summed E-state index contributed by atoms with van der Waals surface area (Å²) in [6.07, 6.45) is -16.9. The van der Waals surface area contributed by atoms with E-state index >= 15 is 0 Å². The summed E-state index contributed by atoms with van der Waals surface area (Å²) in [5.41, 5.74) is -13.3. The molecule has 0 saturated heterocycles. The number of halogens is 9. The Kier molecular flexibility index (Phi) is 8.34. The zero-order chi connectivity index (χ0) is 27.1. The van der Waals surface area contributed by atoms with Gasteiger partial charge < -0.3 is 10.2 Å². The van der Waals surface area contributed by atoms with Crippen LogP contribution in [0.15, 0.2) is 30.4 Å². The molecule has 2 atom stereocenters. The molecular weight excluding hydrogens is 479 g/mol. The average Bonchev–Trinajstić information content (AvgIpc) is 2.61. The zero-order valence-electron chi connectivity index (χ0n) is 19.5. The van der Waals surface area contributed by atoms with E-state index in [1.165, 1.54) is 0 Å². The first kappa shape index (κ1) is 30.3. The lowest BCUT2D eigenvalue weighted by Gasteiger charge is -2.36. The minimum Gasteiger partial charge on any atom is -0.373 e. The lowest BCUT2D eigenvalue weighted by atomic mass is 9.74. The third-order valence-corrected chi connectivity index (χ3v) is 5.54. The molecule has 0 fully saturated rings. The Balaban J connectivity index is 4.20. The fourth-order valence-corrected chi connectivity index (χ4v) is 3.78. The van der Waals surface area contributed by atoms with Crippen molar-refractivity contribution >= 4 is 0 Å². The summed E-state index contributed by atoms with van der Waals surface area (Å²) >= 11 is 0. The van der Waals surface area contributed by atoms with Crippen molar-refractivity contribution in [3.8, 4) is 0 Å². The highest BCUT2D eigenvalue weighted by molar-refractivity contribution is 5.42. The molecule has 0 spiro atoms. The molecule has 34 heavy (non-hydrogen) atoms.